The summed E-state index contributed by atoms with van der Waals surface area (Å²) in [4.78, 5) is 23.6. The van der Waals surface area contributed by atoms with Crippen LogP contribution in [0.4, 0.5) is 0 Å². The quantitative estimate of drug-likeness (QED) is 0.485. The number of rotatable bonds is 4. The van der Waals surface area contributed by atoms with Gasteiger partial charge in [-0.3, -0.25) is 4.79 Å². The molecule has 1 atom stereocenters. The van der Waals surface area contributed by atoms with E-state index >= 15 is 0 Å². The van der Waals surface area contributed by atoms with Gasteiger partial charge in [-0.2, -0.15) is 0 Å². The third-order valence-electron chi connectivity index (χ3n) is 2.24. The maximum atomic E-state index is 11.9. The summed E-state index contributed by atoms with van der Waals surface area (Å²) >= 11 is 6.03. The van der Waals surface area contributed by atoms with Crippen molar-refractivity contribution in [1.29, 1.82) is 0 Å². The zero-order chi connectivity index (χ0) is 14.6. The van der Waals surface area contributed by atoms with E-state index in [1.165, 1.54) is 7.11 Å². The summed E-state index contributed by atoms with van der Waals surface area (Å²) < 4.78 is 10.1. The van der Waals surface area contributed by atoms with Crippen molar-refractivity contribution < 1.29 is 19.1 Å². The molecule has 0 aliphatic carbocycles. The van der Waals surface area contributed by atoms with Gasteiger partial charge in [0.05, 0.1) is 7.11 Å². The largest absolute Gasteiger partial charge is 0.496 e. The van der Waals surface area contributed by atoms with Gasteiger partial charge in [-0.05, 0) is 26.8 Å². The number of halogens is 1. The SMILES string of the molecule is COc1ccccc1C(Cl)C(=O)C(=O)OC(C)(C)C. The highest BCUT2D eigenvalue weighted by Crippen LogP contribution is 2.30. The summed E-state index contributed by atoms with van der Waals surface area (Å²) in [5.74, 6) is -1.29. The van der Waals surface area contributed by atoms with Gasteiger partial charge in [0.25, 0.3) is 5.78 Å². The first-order chi connectivity index (χ1) is 8.76. The number of methoxy groups -OCH3 is 1. The van der Waals surface area contributed by atoms with Crippen molar-refractivity contribution in [3.8, 4) is 5.75 Å². The van der Waals surface area contributed by atoms with Crippen LogP contribution in [0.2, 0.25) is 0 Å². The van der Waals surface area contributed by atoms with Gasteiger partial charge < -0.3 is 9.47 Å². The Morgan fingerprint density at radius 2 is 1.79 bits per heavy atom. The van der Waals surface area contributed by atoms with Gasteiger partial charge in [0, 0.05) is 5.56 Å². The Hall–Kier alpha value is -1.55. The van der Waals surface area contributed by atoms with E-state index in [4.69, 9.17) is 21.1 Å². The lowest BCUT2D eigenvalue weighted by molar-refractivity contribution is -0.162. The average molecular weight is 285 g/mol. The summed E-state index contributed by atoms with van der Waals surface area (Å²) in [6.45, 7) is 5.06. The van der Waals surface area contributed by atoms with Crippen LogP contribution in [0.15, 0.2) is 24.3 Å². The smallest absolute Gasteiger partial charge is 0.377 e. The molecule has 0 N–H and O–H groups in total. The standard InChI is InChI=1S/C14H17ClO4/c1-14(2,3)19-13(17)12(16)11(15)9-7-5-6-8-10(9)18-4/h5-8,11H,1-4H3. The van der Waals surface area contributed by atoms with E-state index in [0.717, 1.165) is 0 Å². The first kappa shape index (κ1) is 15.5. The molecule has 1 aromatic carbocycles. The Morgan fingerprint density at radius 3 is 2.32 bits per heavy atom. The summed E-state index contributed by atoms with van der Waals surface area (Å²) in [5.41, 5.74) is -0.285. The van der Waals surface area contributed by atoms with Crippen molar-refractivity contribution >= 4 is 23.4 Å². The number of carbonyl (C=O) groups is 2. The fourth-order valence-electron chi connectivity index (χ4n) is 1.45. The molecule has 1 aromatic rings. The van der Waals surface area contributed by atoms with Crippen molar-refractivity contribution in [2.24, 2.45) is 0 Å². The van der Waals surface area contributed by atoms with E-state index in [0.29, 0.717) is 11.3 Å². The molecular formula is C14H17ClO4. The number of ether oxygens (including phenoxy) is 2. The van der Waals surface area contributed by atoms with Crippen LogP contribution in [-0.4, -0.2) is 24.5 Å². The number of hydrogen-bond donors (Lipinski definition) is 0. The second-order valence-corrected chi connectivity index (χ2v) is 5.41. The Labute approximate surface area is 117 Å². The topological polar surface area (TPSA) is 52.6 Å². The molecule has 4 nitrogen and oxygen atoms in total. The third kappa shape index (κ3) is 4.24. The van der Waals surface area contributed by atoms with Crippen molar-refractivity contribution in [2.45, 2.75) is 31.7 Å². The predicted molar refractivity (Wildman–Crippen MR) is 72.4 cm³/mol. The molecule has 19 heavy (non-hydrogen) atoms. The summed E-state index contributed by atoms with van der Waals surface area (Å²) in [7, 11) is 1.47. The van der Waals surface area contributed by atoms with Crippen LogP contribution in [0.25, 0.3) is 0 Å². The maximum absolute atomic E-state index is 11.9. The zero-order valence-electron chi connectivity index (χ0n) is 11.4. The molecule has 5 heteroatoms. The van der Waals surface area contributed by atoms with Gasteiger partial charge in [-0.1, -0.05) is 18.2 Å². The van der Waals surface area contributed by atoms with Gasteiger partial charge >= 0.3 is 5.97 Å². The molecule has 1 unspecified atom stereocenters. The third-order valence-corrected chi connectivity index (χ3v) is 2.68. The number of hydrogen-bond acceptors (Lipinski definition) is 4. The van der Waals surface area contributed by atoms with E-state index < -0.39 is 22.7 Å². The monoisotopic (exact) mass is 284 g/mol. The molecule has 0 heterocycles. The molecule has 104 valence electrons. The number of alkyl halides is 1. The molecule has 0 bridgehead atoms. The highest BCUT2D eigenvalue weighted by molar-refractivity contribution is 6.47. The number of esters is 1. The molecule has 0 fully saturated rings. The van der Waals surface area contributed by atoms with Crippen molar-refractivity contribution in [3.05, 3.63) is 29.8 Å². The van der Waals surface area contributed by atoms with Gasteiger partial charge in [0.2, 0.25) is 0 Å². The highest BCUT2D eigenvalue weighted by atomic mass is 35.5. The average Bonchev–Trinajstić information content (AvgIpc) is 2.34. The van der Waals surface area contributed by atoms with Gasteiger partial charge in [-0.25, -0.2) is 4.79 Å². The molecule has 0 aromatic heterocycles. The highest BCUT2D eigenvalue weighted by Gasteiger charge is 2.31. The van der Waals surface area contributed by atoms with Crippen molar-refractivity contribution in [2.75, 3.05) is 7.11 Å². The summed E-state index contributed by atoms with van der Waals surface area (Å²) in [6, 6.07) is 6.78. The molecule has 0 saturated carbocycles. The molecule has 1 rings (SSSR count). The minimum Gasteiger partial charge on any atom is -0.496 e. The molecule has 0 saturated heterocycles. The second-order valence-electron chi connectivity index (χ2n) is 4.97. The molecule has 0 aliphatic heterocycles. The first-order valence-electron chi connectivity index (χ1n) is 5.80. The van der Waals surface area contributed by atoms with E-state index in [1.54, 1.807) is 45.0 Å². The second kappa shape index (κ2) is 6.06. The van der Waals surface area contributed by atoms with Crippen LogP contribution in [0, 0.1) is 0 Å². The fourth-order valence-corrected chi connectivity index (χ4v) is 1.72. The van der Waals surface area contributed by atoms with Crippen LogP contribution >= 0.6 is 11.6 Å². The Morgan fingerprint density at radius 1 is 1.21 bits per heavy atom. The minimum atomic E-state index is -1.12. The zero-order valence-corrected chi connectivity index (χ0v) is 12.2. The van der Waals surface area contributed by atoms with Crippen LogP contribution < -0.4 is 4.74 Å². The lowest BCUT2D eigenvalue weighted by Crippen LogP contribution is -2.30. The number of ketones is 1. The minimum absolute atomic E-state index is 0.447. The van der Waals surface area contributed by atoms with E-state index in [9.17, 15) is 9.59 Å². The number of benzene rings is 1. The van der Waals surface area contributed by atoms with Crippen molar-refractivity contribution in [1.82, 2.24) is 0 Å². The summed E-state index contributed by atoms with van der Waals surface area (Å²) in [6.07, 6.45) is 0. The van der Waals surface area contributed by atoms with Crippen LogP contribution in [-0.2, 0) is 14.3 Å². The van der Waals surface area contributed by atoms with Gasteiger partial charge in [0.1, 0.15) is 16.7 Å². The van der Waals surface area contributed by atoms with E-state index in [2.05, 4.69) is 0 Å². The maximum Gasteiger partial charge on any atom is 0.377 e. The first-order valence-corrected chi connectivity index (χ1v) is 6.24. The van der Waals surface area contributed by atoms with Gasteiger partial charge in [-0.15, -0.1) is 11.6 Å². The van der Waals surface area contributed by atoms with E-state index in [1.807, 2.05) is 0 Å². The predicted octanol–water partition coefficient (Wildman–Crippen LogP) is 2.89. The molecule has 0 radical (unpaired) electrons. The molecule has 0 amide bonds. The Kier molecular flexibility index (Phi) is 4.95. The normalized spacial score (nSPS) is 12.7. The lowest BCUT2D eigenvalue weighted by Gasteiger charge is -2.20. The molecular weight excluding hydrogens is 268 g/mol. The molecule has 0 spiro atoms. The van der Waals surface area contributed by atoms with Crippen LogP contribution in [0.3, 0.4) is 0 Å². The Bertz CT molecular complexity index is 477. The number of para-hydroxylation sites is 1. The Balaban J connectivity index is 2.91. The van der Waals surface area contributed by atoms with E-state index in [-0.39, 0.29) is 0 Å². The van der Waals surface area contributed by atoms with Gasteiger partial charge in [0.15, 0.2) is 0 Å². The number of Topliss-reactive ketones (excluding diaryl/α,β-unsaturated/α-hetero) is 1. The lowest BCUT2D eigenvalue weighted by atomic mass is 10.1. The van der Waals surface area contributed by atoms with Crippen LogP contribution in [0.1, 0.15) is 31.7 Å². The van der Waals surface area contributed by atoms with Crippen LogP contribution in [0.5, 0.6) is 5.75 Å². The summed E-state index contributed by atoms with van der Waals surface area (Å²) in [5, 5.41) is -1.12. The number of carbonyl (C=O) groups excluding carboxylic acids is 2. The molecule has 0 aliphatic rings. The van der Waals surface area contributed by atoms with Crippen molar-refractivity contribution in [3.63, 3.8) is 0 Å². The fraction of sp³-hybridized carbons (Fsp3) is 0.429.